The summed E-state index contributed by atoms with van der Waals surface area (Å²) in [5.74, 6) is 0. The van der Waals surface area contributed by atoms with Gasteiger partial charge in [0, 0.05) is 32.6 Å². The normalized spacial score (nSPS) is 14.0. The predicted molar refractivity (Wildman–Crippen MR) is 94.5 cm³/mol. The van der Waals surface area contributed by atoms with Gasteiger partial charge in [0.1, 0.15) is 6.07 Å². The Morgan fingerprint density at radius 1 is 1.36 bits per heavy atom. The molecule has 22 heavy (non-hydrogen) atoms. The Labute approximate surface area is 144 Å². The van der Waals surface area contributed by atoms with Gasteiger partial charge in [0.2, 0.25) is 0 Å². The van der Waals surface area contributed by atoms with Gasteiger partial charge in [-0.3, -0.25) is 4.99 Å². The van der Waals surface area contributed by atoms with Crippen molar-refractivity contribution in [3.05, 3.63) is 43.6 Å². The second-order valence-corrected chi connectivity index (χ2v) is 7.07. The Balaban J connectivity index is 2.28. The van der Waals surface area contributed by atoms with E-state index in [0.29, 0.717) is 10.0 Å². The lowest BCUT2D eigenvalue weighted by molar-refractivity contribution is 0.951. The van der Waals surface area contributed by atoms with E-state index in [1.54, 1.807) is 17.4 Å². The summed E-state index contributed by atoms with van der Waals surface area (Å²) < 4.78 is 0. The Morgan fingerprint density at radius 2 is 2.18 bits per heavy atom. The van der Waals surface area contributed by atoms with Crippen LogP contribution in [0.1, 0.15) is 35.1 Å². The molecule has 1 aliphatic rings. The molecule has 0 saturated heterocycles. The minimum atomic E-state index is 0.573. The molecule has 2 heterocycles. The fraction of sp³-hybridized carbons (Fsp3) is 0.294. The highest BCUT2D eigenvalue weighted by Crippen LogP contribution is 2.42. The van der Waals surface area contributed by atoms with E-state index in [-0.39, 0.29) is 0 Å². The molecule has 3 rings (SSSR count). The lowest BCUT2D eigenvalue weighted by Crippen LogP contribution is -1.96. The largest absolute Gasteiger partial charge is 0.288 e. The molecule has 0 amide bonds. The fourth-order valence-corrected chi connectivity index (χ4v) is 4.46. The molecule has 1 aliphatic heterocycles. The number of hydrogen-bond acceptors (Lipinski definition) is 3. The van der Waals surface area contributed by atoms with Crippen LogP contribution in [-0.4, -0.2) is 12.3 Å². The lowest BCUT2D eigenvalue weighted by atomic mass is 9.98. The van der Waals surface area contributed by atoms with Crippen LogP contribution >= 0.6 is 34.5 Å². The molecule has 2 aromatic rings. The summed E-state index contributed by atoms with van der Waals surface area (Å²) in [5, 5.41) is 10.8. The van der Waals surface area contributed by atoms with Crippen LogP contribution in [-0.2, 0) is 6.42 Å². The molecule has 0 fully saturated rings. The summed E-state index contributed by atoms with van der Waals surface area (Å²) in [4.78, 5) is 6.79. The molecule has 0 radical (unpaired) electrons. The Hall–Kier alpha value is -1.34. The Morgan fingerprint density at radius 3 is 2.77 bits per heavy atom. The van der Waals surface area contributed by atoms with E-state index in [9.17, 15) is 5.26 Å². The maximum absolute atomic E-state index is 9.64. The number of halogens is 2. The Bertz CT molecular complexity index is 800. The molecule has 0 N–H and O–H groups in total. The van der Waals surface area contributed by atoms with E-state index in [0.717, 1.165) is 58.0 Å². The van der Waals surface area contributed by atoms with E-state index in [2.05, 4.69) is 18.0 Å². The molecule has 5 heteroatoms. The first-order valence-corrected chi connectivity index (χ1v) is 8.77. The van der Waals surface area contributed by atoms with Crippen LogP contribution in [0.2, 0.25) is 10.0 Å². The average Bonchev–Trinajstić information content (AvgIpc) is 3.13. The number of aryl methyl sites for hydroxylation is 1. The summed E-state index contributed by atoms with van der Waals surface area (Å²) in [7, 11) is 0. The van der Waals surface area contributed by atoms with Gasteiger partial charge in [-0.25, -0.2) is 0 Å². The quantitative estimate of drug-likeness (QED) is 0.696. The van der Waals surface area contributed by atoms with Crippen molar-refractivity contribution in [2.45, 2.75) is 26.2 Å². The van der Waals surface area contributed by atoms with Gasteiger partial charge < -0.3 is 0 Å². The van der Waals surface area contributed by atoms with Gasteiger partial charge in [-0.1, -0.05) is 36.2 Å². The van der Waals surface area contributed by atoms with Gasteiger partial charge in [-0.15, -0.1) is 11.3 Å². The van der Waals surface area contributed by atoms with Crippen molar-refractivity contribution in [3.8, 4) is 17.2 Å². The van der Waals surface area contributed by atoms with Crippen LogP contribution in [0, 0.1) is 11.3 Å². The molecule has 112 valence electrons. The maximum atomic E-state index is 9.64. The molecule has 0 bridgehead atoms. The van der Waals surface area contributed by atoms with Crippen LogP contribution in [0.15, 0.2) is 23.2 Å². The van der Waals surface area contributed by atoms with Gasteiger partial charge in [-0.05, 0) is 31.4 Å². The topological polar surface area (TPSA) is 36.1 Å². The van der Waals surface area contributed by atoms with Crippen molar-refractivity contribution in [2.75, 3.05) is 6.54 Å². The minimum Gasteiger partial charge on any atom is -0.288 e. The van der Waals surface area contributed by atoms with Crippen molar-refractivity contribution in [2.24, 2.45) is 4.99 Å². The Kier molecular flexibility index (Phi) is 4.54. The number of benzene rings is 1. The van der Waals surface area contributed by atoms with E-state index in [4.69, 9.17) is 23.2 Å². The van der Waals surface area contributed by atoms with Crippen molar-refractivity contribution in [1.82, 2.24) is 0 Å². The van der Waals surface area contributed by atoms with Crippen LogP contribution in [0.5, 0.6) is 0 Å². The second kappa shape index (κ2) is 6.42. The smallest absolute Gasteiger partial charge is 0.101 e. The van der Waals surface area contributed by atoms with Crippen molar-refractivity contribution < 1.29 is 0 Å². The zero-order valence-electron chi connectivity index (χ0n) is 12.1. The van der Waals surface area contributed by atoms with Gasteiger partial charge in [0.05, 0.1) is 16.2 Å². The van der Waals surface area contributed by atoms with E-state index >= 15 is 0 Å². The molecule has 1 aromatic heterocycles. The molecular formula is C17H14Cl2N2S. The van der Waals surface area contributed by atoms with Crippen molar-refractivity contribution in [1.29, 1.82) is 5.26 Å². The zero-order valence-corrected chi connectivity index (χ0v) is 14.4. The predicted octanol–water partition coefficient (Wildman–Crippen LogP) is 5.74. The van der Waals surface area contributed by atoms with Crippen LogP contribution in [0.25, 0.3) is 11.1 Å². The van der Waals surface area contributed by atoms with Crippen molar-refractivity contribution >= 4 is 40.3 Å². The van der Waals surface area contributed by atoms with Crippen LogP contribution in [0.4, 0.5) is 0 Å². The molecular weight excluding hydrogens is 335 g/mol. The summed E-state index contributed by atoms with van der Waals surface area (Å²) in [6, 6.07) is 7.80. The fourth-order valence-electron chi connectivity index (χ4n) is 2.72. The van der Waals surface area contributed by atoms with Crippen LogP contribution < -0.4 is 0 Å². The number of nitrogens with zero attached hydrogens (tertiary/aromatic N) is 2. The van der Waals surface area contributed by atoms with Gasteiger partial charge in [0.15, 0.2) is 0 Å². The molecule has 0 spiro atoms. The van der Waals surface area contributed by atoms with Gasteiger partial charge >= 0.3 is 0 Å². The summed E-state index contributed by atoms with van der Waals surface area (Å²) in [5.41, 5.74) is 3.61. The molecule has 2 nitrogen and oxygen atoms in total. The third kappa shape index (κ3) is 2.67. The third-order valence-corrected chi connectivity index (χ3v) is 5.68. The second-order valence-electron chi connectivity index (χ2n) is 5.13. The highest BCUT2D eigenvalue weighted by atomic mass is 35.5. The third-order valence-electron chi connectivity index (χ3n) is 3.75. The number of hydrogen-bond donors (Lipinski definition) is 0. The molecule has 0 saturated carbocycles. The number of thiophene rings is 1. The number of aliphatic imine (C=N–C) groups is 1. The number of nitriles is 1. The highest BCUT2D eigenvalue weighted by Gasteiger charge is 2.24. The molecule has 0 aliphatic carbocycles. The monoisotopic (exact) mass is 348 g/mol. The minimum absolute atomic E-state index is 0.573. The summed E-state index contributed by atoms with van der Waals surface area (Å²) >= 11 is 14.1. The molecule has 0 unspecified atom stereocenters. The van der Waals surface area contributed by atoms with Gasteiger partial charge in [-0.2, -0.15) is 5.26 Å². The SMILES string of the molecule is CCc1sc(C2=NCCC2)c(-c2ccc(Cl)cc2Cl)c1C#N. The molecule has 0 atom stereocenters. The first-order valence-electron chi connectivity index (χ1n) is 7.20. The first kappa shape index (κ1) is 15.6. The van der Waals surface area contributed by atoms with Crippen LogP contribution in [0.3, 0.4) is 0 Å². The average molecular weight is 349 g/mol. The van der Waals surface area contributed by atoms with Gasteiger partial charge in [0.25, 0.3) is 0 Å². The van der Waals surface area contributed by atoms with E-state index < -0.39 is 0 Å². The first-order chi connectivity index (χ1) is 10.7. The highest BCUT2D eigenvalue weighted by molar-refractivity contribution is 7.15. The zero-order chi connectivity index (χ0) is 15.7. The maximum Gasteiger partial charge on any atom is 0.101 e. The summed E-state index contributed by atoms with van der Waals surface area (Å²) in [6.45, 7) is 2.94. The molecule has 1 aromatic carbocycles. The standard InChI is InChI=1S/C17H14Cl2N2S/c1-2-15-12(9-20)16(11-6-5-10(18)8-13(11)19)17(22-15)14-4-3-7-21-14/h5-6,8H,2-4,7H2,1H3. The van der Waals surface area contributed by atoms with E-state index in [1.165, 1.54) is 0 Å². The van der Waals surface area contributed by atoms with Crippen molar-refractivity contribution in [3.63, 3.8) is 0 Å². The summed E-state index contributed by atoms with van der Waals surface area (Å²) in [6.07, 6.45) is 2.87. The number of rotatable bonds is 3. The lowest BCUT2D eigenvalue weighted by Gasteiger charge is -2.08. The van der Waals surface area contributed by atoms with E-state index in [1.807, 2.05) is 12.1 Å².